The molecule has 1 aliphatic rings. The van der Waals surface area contributed by atoms with Crippen molar-refractivity contribution in [1.29, 1.82) is 0 Å². The Kier molecular flexibility index (Phi) is 3.15. The highest BCUT2D eigenvalue weighted by molar-refractivity contribution is 5.28. The van der Waals surface area contributed by atoms with Gasteiger partial charge in [-0.15, -0.1) is 0 Å². The zero-order valence-corrected chi connectivity index (χ0v) is 8.12. The molecule has 0 aliphatic carbocycles. The first-order valence-corrected chi connectivity index (χ1v) is 4.52. The van der Waals surface area contributed by atoms with Crippen molar-refractivity contribution >= 4 is 0 Å². The zero-order valence-electron chi connectivity index (χ0n) is 8.12. The molecule has 12 heavy (non-hydrogen) atoms. The van der Waals surface area contributed by atoms with Gasteiger partial charge in [-0.05, 0) is 30.1 Å². The lowest BCUT2D eigenvalue weighted by Crippen LogP contribution is -1.99. The molecule has 0 saturated heterocycles. The zero-order chi connectivity index (χ0) is 8.97. The number of allylic oxidation sites excluding steroid dienone is 4. The number of rotatable bonds is 2. The van der Waals surface area contributed by atoms with Crippen molar-refractivity contribution in [2.24, 2.45) is 5.92 Å². The summed E-state index contributed by atoms with van der Waals surface area (Å²) < 4.78 is 0. The van der Waals surface area contributed by atoms with Crippen molar-refractivity contribution < 1.29 is 0 Å². The fourth-order valence-corrected chi connectivity index (χ4v) is 1.16. The van der Waals surface area contributed by atoms with Crippen LogP contribution in [0.1, 0.15) is 20.3 Å². The first-order valence-electron chi connectivity index (χ1n) is 4.52. The second-order valence-corrected chi connectivity index (χ2v) is 3.30. The average molecular weight is 163 g/mol. The highest BCUT2D eigenvalue weighted by atomic mass is 15.0. The lowest BCUT2D eigenvalue weighted by Gasteiger charge is -2.08. The van der Waals surface area contributed by atoms with Gasteiger partial charge in [0.2, 0.25) is 0 Å². The quantitative estimate of drug-likeness (QED) is 0.605. The van der Waals surface area contributed by atoms with Crippen molar-refractivity contribution in [3.63, 3.8) is 0 Å². The molecule has 0 N–H and O–H groups in total. The topological polar surface area (TPSA) is 3.24 Å². The maximum atomic E-state index is 2.26. The molecule has 0 fully saturated rings. The molecule has 66 valence electrons. The highest BCUT2D eigenvalue weighted by Gasteiger charge is 2.03. The summed E-state index contributed by atoms with van der Waals surface area (Å²) in [5.74, 6) is 0.664. The fourth-order valence-electron chi connectivity index (χ4n) is 1.16. The maximum Gasteiger partial charge on any atom is 0.0106 e. The predicted molar refractivity (Wildman–Crippen MR) is 53.6 cm³/mol. The van der Waals surface area contributed by atoms with Crippen LogP contribution in [-0.2, 0) is 0 Å². The molecule has 0 aromatic carbocycles. The van der Waals surface area contributed by atoms with E-state index in [0.717, 1.165) is 0 Å². The predicted octanol–water partition coefficient (Wildman–Crippen LogP) is 2.93. The molecule has 1 heteroatoms. The normalized spacial score (nSPS) is 18.9. The molecule has 0 aromatic rings. The largest absolute Gasteiger partial charge is 0.357 e. The molecule has 1 rings (SSSR count). The molecule has 1 aliphatic heterocycles. The molecule has 0 bridgehead atoms. The highest BCUT2D eigenvalue weighted by Crippen LogP contribution is 2.17. The van der Waals surface area contributed by atoms with Crippen LogP contribution in [0.4, 0.5) is 0 Å². The Morgan fingerprint density at radius 3 is 2.83 bits per heavy atom. The average Bonchev–Trinajstić information content (AvgIpc) is 2.29. The standard InChI is InChI=1S/C11H17N/c1-4-10(2)11-6-5-8-12(3)9-7-11/h5-10H,4H2,1-3H3. The van der Waals surface area contributed by atoms with Crippen molar-refractivity contribution in [1.82, 2.24) is 4.90 Å². The van der Waals surface area contributed by atoms with Crippen molar-refractivity contribution in [3.8, 4) is 0 Å². The van der Waals surface area contributed by atoms with Gasteiger partial charge in [-0.2, -0.15) is 0 Å². The smallest absolute Gasteiger partial charge is 0.0106 e. The Hall–Kier alpha value is -0.980. The summed E-state index contributed by atoms with van der Waals surface area (Å²) in [6, 6.07) is 0. The van der Waals surface area contributed by atoms with E-state index in [1.54, 1.807) is 0 Å². The number of nitrogens with zero attached hydrogens (tertiary/aromatic N) is 1. The van der Waals surface area contributed by atoms with E-state index in [9.17, 15) is 0 Å². The summed E-state index contributed by atoms with van der Waals surface area (Å²) >= 11 is 0. The monoisotopic (exact) mass is 163 g/mol. The van der Waals surface area contributed by atoms with Crippen molar-refractivity contribution in [2.45, 2.75) is 20.3 Å². The molecule has 1 nitrogen and oxygen atoms in total. The van der Waals surface area contributed by atoms with Gasteiger partial charge in [-0.3, -0.25) is 0 Å². The van der Waals surface area contributed by atoms with E-state index in [1.807, 2.05) is 7.05 Å². The van der Waals surface area contributed by atoms with Gasteiger partial charge in [0.25, 0.3) is 0 Å². The van der Waals surface area contributed by atoms with Crippen LogP contribution >= 0.6 is 0 Å². The Morgan fingerprint density at radius 1 is 1.42 bits per heavy atom. The van der Waals surface area contributed by atoms with Crippen LogP contribution in [-0.4, -0.2) is 11.9 Å². The Morgan fingerprint density at radius 2 is 2.17 bits per heavy atom. The molecule has 0 saturated carbocycles. The molecule has 1 unspecified atom stereocenters. The second-order valence-electron chi connectivity index (χ2n) is 3.30. The van der Waals surface area contributed by atoms with Gasteiger partial charge in [0.05, 0.1) is 0 Å². The van der Waals surface area contributed by atoms with Crippen LogP contribution < -0.4 is 0 Å². The SMILES string of the molecule is CCC(C)C1=CC=CN(C)C=C1. The van der Waals surface area contributed by atoms with E-state index in [4.69, 9.17) is 0 Å². The number of hydrogen-bond acceptors (Lipinski definition) is 1. The first kappa shape index (κ1) is 9.11. The van der Waals surface area contributed by atoms with Crippen LogP contribution in [0, 0.1) is 5.92 Å². The van der Waals surface area contributed by atoms with Gasteiger partial charge >= 0.3 is 0 Å². The lowest BCUT2D eigenvalue weighted by atomic mass is 9.98. The third kappa shape index (κ3) is 2.26. The summed E-state index contributed by atoms with van der Waals surface area (Å²) in [6.07, 6.45) is 11.8. The van der Waals surface area contributed by atoms with Gasteiger partial charge < -0.3 is 4.90 Å². The van der Waals surface area contributed by atoms with Gasteiger partial charge in [0, 0.05) is 19.4 Å². The first-order chi connectivity index (χ1) is 5.74. The van der Waals surface area contributed by atoms with Gasteiger partial charge in [0.15, 0.2) is 0 Å². The van der Waals surface area contributed by atoms with Gasteiger partial charge in [0.1, 0.15) is 0 Å². The van der Waals surface area contributed by atoms with E-state index < -0.39 is 0 Å². The minimum atomic E-state index is 0.664. The summed E-state index contributed by atoms with van der Waals surface area (Å²) in [5, 5.41) is 0. The third-order valence-corrected chi connectivity index (χ3v) is 2.29. The molecule has 0 amide bonds. The van der Waals surface area contributed by atoms with Crippen LogP contribution in [0.25, 0.3) is 0 Å². The van der Waals surface area contributed by atoms with Gasteiger partial charge in [-0.25, -0.2) is 0 Å². The molecular weight excluding hydrogens is 146 g/mol. The number of hydrogen-bond donors (Lipinski definition) is 0. The summed E-state index contributed by atoms with van der Waals surface area (Å²) in [5.41, 5.74) is 1.41. The Labute approximate surface area is 75.1 Å². The lowest BCUT2D eigenvalue weighted by molar-refractivity contribution is 0.623. The van der Waals surface area contributed by atoms with Crippen LogP contribution in [0.3, 0.4) is 0 Å². The van der Waals surface area contributed by atoms with Crippen molar-refractivity contribution in [3.05, 3.63) is 36.2 Å². The molecular formula is C11H17N. The molecule has 0 aromatic heterocycles. The minimum Gasteiger partial charge on any atom is -0.357 e. The molecule has 1 atom stereocenters. The van der Waals surface area contributed by atoms with E-state index >= 15 is 0 Å². The van der Waals surface area contributed by atoms with Crippen LogP contribution in [0.5, 0.6) is 0 Å². The van der Waals surface area contributed by atoms with Crippen LogP contribution in [0.2, 0.25) is 0 Å². The van der Waals surface area contributed by atoms with E-state index in [0.29, 0.717) is 5.92 Å². The van der Waals surface area contributed by atoms with E-state index in [2.05, 4.69) is 49.4 Å². The molecule has 0 spiro atoms. The molecule has 1 heterocycles. The van der Waals surface area contributed by atoms with E-state index in [-0.39, 0.29) is 0 Å². The Balaban J connectivity index is 2.72. The van der Waals surface area contributed by atoms with Gasteiger partial charge in [-0.1, -0.05) is 19.9 Å². The fraction of sp³-hybridized carbons (Fsp3) is 0.455. The summed E-state index contributed by atoms with van der Waals surface area (Å²) in [7, 11) is 2.04. The van der Waals surface area contributed by atoms with E-state index in [1.165, 1.54) is 12.0 Å². The van der Waals surface area contributed by atoms with Crippen LogP contribution in [0.15, 0.2) is 36.2 Å². The minimum absolute atomic E-state index is 0.664. The summed E-state index contributed by atoms with van der Waals surface area (Å²) in [4.78, 5) is 2.06. The third-order valence-electron chi connectivity index (χ3n) is 2.29. The second kappa shape index (κ2) is 4.15. The Bertz CT molecular complexity index is 223. The maximum absolute atomic E-state index is 2.26. The van der Waals surface area contributed by atoms with Crippen molar-refractivity contribution in [2.75, 3.05) is 7.05 Å². The summed E-state index contributed by atoms with van der Waals surface area (Å²) in [6.45, 7) is 4.48. The molecule has 0 radical (unpaired) electrons.